The van der Waals surface area contributed by atoms with Crippen molar-refractivity contribution in [1.29, 1.82) is 0 Å². The fourth-order valence-electron chi connectivity index (χ4n) is 2.07. The highest BCUT2D eigenvalue weighted by molar-refractivity contribution is 5.89. The highest BCUT2D eigenvalue weighted by Gasteiger charge is 2.23. The molecule has 6 heteroatoms. The zero-order valence-corrected chi connectivity index (χ0v) is 12.3. The second-order valence-electron chi connectivity index (χ2n) is 4.93. The van der Waals surface area contributed by atoms with Gasteiger partial charge in [0.2, 0.25) is 11.8 Å². The van der Waals surface area contributed by atoms with Gasteiger partial charge in [-0.2, -0.15) is 0 Å². The molecular weight excluding hydrogens is 268 g/mol. The molecule has 0 aliphatic rings. The summed E-state index contributed by atoms with van der Waals surface area (Å²) in [6.07, 6.45) is 1.74. The van der Waals surface area contributed by atoms with E-state index in [2.05, 4.69) is 10.6 Å². The molecule has 0 fully saturated rings. The molecule has 1 aromatic rings. The zero-order chi connectivity index (χ0) is 15.7. The molecule has 1 aromatic carbocycles. The summed E-state index contributed by atoms with van der Waals surface area (Å²) in [5, 5.41) is 5.63. The molecule has 0 saturated carbocycles. The third-order valence-electron chi connectivity index (χ3n) is 3.30. The molecule has 2 atom stereocenters. The summed E-state index contributed by atoms with van der Waals surface area (Å²) in [4.78, 5) is 23.7. The average Bonchev–Trinajstić information content (AvgIpc) is 2.48. The van der Waals surface area contributed by atoms with Crippen molar-refractivity contribution in [3.8, 4) is 0 Å². The molecular formula is C15H24N4O2. The van der Waals surface area contributed by atoms with E-state index in [0.29, 0.717) is 19.4 Å². The first-order chi connectivity index (χ1) is 10.1. The van der Waals surface area contributed by atoms with Crippen LogP contribution in [0.15, 0.2) is 30.3 Å². The molecule has 0 aliphatic carbocycles. The van der Waals surface area contributed by atoms with Crippen molar-refractivity contribution in [2.24, 2.45) is 11.5 Å². The van der Waals surface area contributed by atoms with E-state index in [1.807, 2.05) is 30.3 Å². The molecule has 0 radical (unpaired) electrons. The van der Waals surface area contributed by atoms with Crippen LogP contribution in [0.3, 0.4) is 0 Å². The fourth-order valence-corrected chi connectivity index (χ4v) is 2.07. The monoisotopic (exact) mass is 292 g/mol. The lowest BCUT2D eigenvalue weighted by Crippen LogP contribution is -2.52. The van der Waals surface area contributed by atoms with Crippen LogP contribution in [-0.2, 0) is 16.0 Å². The lowest BCUT2D eigenvalue weighted by Gasteiger charge is -2.20. The highest BCUT2D eigenvalue weighted by Crippen LogP contribution is 2.04. The van der Waals surface area contributed by atoms with Gasteiger partial charge in [-0.1, -0.05) is 30.3 Å². The van der Waals surface area contributed by atoms with E-state index in [4.69, 9.17) is 11.5 Å². The smallest absolute Gasteiger partial charge is 0.240 e. The molecule has 0 aromatic heterocycles. The van der Waals surface area contributed by atoms with Gasteiger partial charge in [-0.15, -0.1) is 0 Å². The molecule has 6 N–H and O–H groups in total. The Bertz CT molecular complexity index is 450. The van der Waals surface area contributed by atoms with E-state index in [-0.39, 0.29) is 11.9 Å². The number of hydrogen-bond acceptors (Lipinski definition) is 4. The normalized spacial score (nSPS) is 13.4. The summed E-state index contributed by atoms with van der Waals surface area (Å²) >= 11 is 0. The van der Waals surface area contributed by atoms with Gasteiger partial charge >= 0.3 is 0 Å². The summed E-state index contributed by atoms with van der Waals surface area (Å²) in [6, 6.07) is 8.36. The molecule has 0 bridgehead atoms. The minimum absolute atomic E-state index is 0.231. The predicted molar refractivity (Wildman–Crippen MR) is 82.4 cm³/mol. The number of amides is 2. The number of likely N-dealkylation sites (N-methyl/N-ethyl adjacent to an activating group) is 1. The van der Waals surface area contributed by atoms with Gasteiger partial charge in [-0.3, -0.25) is 9.59 Å². The van der Waals surface area contributed by atoms with E-state index in [1.165, 1.54) is 0 Å². The van der Waals surface area contributed by atoms with Gasteiger partial charge in [0.1, 0.15) is 6.04 Å². The van der Waals surface area contributed by atoms with Crippen LogP contribution in [0.4, 0.5) is 0 Å². The largest absolute Gasteiger partial charge is 0.368 e. The Balaban J connectivity index is 2.65. The molecule has 0 heterocycles. The Labute approximate surface area is 125 Å². The Morgan fingerprint density at radius 2 is 1.86 bits per heavy atom. The summed E-state index contributed by atoms with van der Waals surface area (Å²) in [7, 11) is 1.71. The number of nitrogens with two attached hydrogens (primary N) is 2. The number of benzene rings is 1. The van der Waals surface area contributed by atoms with Crippen LogP contribution >= 0.6 is 0 Å². The van der Waals surface area contributed by atoms with Crippen molar-refractivity contribution in [1.82, 2.24) is 10.6 Å². The molecule has 2 unspecified atom stereocenters. The Morgan fingerprint density at radius 3 is 2.38 bits per heavy atom. The van der Waals surface area contributed by atoms with Crippen molar-refractivity contribution in [2.75, 3.05) is 13.6 Å². The lowest BCUT2D eigenvalue weighted by molar-refractivity contribution is -0.128. The van der Waals surface area contributed by atoms with Gasteiger partial charge in [-0.25, -0.2) is 0 Å². The molecule has 0 saturated heterocycles. The Hall–Kier alpha value is -1.92. The van der Waals surface area contributed by atoms with Gasteiger partial charge in [-0.05, 0) is 32.0 Å². The number of nitrogens with one attached hydrogen (secondary N) is 2. The maximum atomic E-state index is 12.2. The average molecular weight is 292 g/mol. The predicted octanol–water partition coefficient (Wildman–Crippen LogP) is -0.474. The minimum Gasteiger partial charge on any atom is -0.368 e. The fraction of sp³-hybridized carbons (Fsp3) is 0.467. The van der Waals surface area contributed by atoms with Crippen molar-refractivity contribution >= 4 is 11.8 Å². The van der Waals surface area contributed by atoms with Gasteiger partial charge in [0, 0.05) is 6.42 Å². The second kappa shape index (κ2) is 9.10. The van der Waals surface area contributed by atoms with E-state index in [0.717, 1.165) is 12.0 Å². The summed E-state index contributed by atoms with van der Waals surface area (Å²) < 4.78 is 0. The SMILES string of the molecule is CNC(CCCN)C(=O)NC(Cc1ccccc1)C(N)=O. The van der Waals surface area contributed by atoms with Crippen molar-refractivity contribution < 1.29 is 9.59 Å². The minimum atomic E-state index is -0.714. The Morgan fingerprint density at radius 1 is 1.19 bits per heavy atom. The van der Waals surface area contributed by atoms with Crippen LogP contribution in [0.25, 0.3) is 0 Å². The van der Waals surface area contributed by atoms with Crippen molar-refractivity contribution in [3.05, 3.63) is 35.9 Å². The Kier molecular flexibility index (Phi) is 7.42. The van der Waals surface area contributed by atoms with Crippen LogP contribution in [0.5, 0.6) is 0 Å². The van der Waals surface area contributed by atoms with Crippen LogP contribution in [-0.4, -0.2) is 37.5 Å². The molecule has 1 rings (SSSR count). The molecule has 6 nitrogen and oxygen atoms in total. The van der Waals surface area contributed by atoms with Gasteiger partial charge in [0.05, 0.1) is 6.04 Å². The topological polar surface area (TPSA) is 110 Å². The van der Waals surface area contributed by atoms with Gasteiger partial charge in [0.25, 0.3) is 0 Å². The first kappa shape index (κ1) is 17.1. The number of hydrogen-bond donors (Lipinski definition) is 4. The maximum Gasteiger partial charge on any atom is 0.240 e. The van der Waals surface area contributed by atoms with E-state index >= 15 is 0 Å². The van der Waals surface area contributed by atoms with Gasteiger partial charge < -0.3 is 22.1 Å². The number of rotatable bonds is 9. The van der Waals surface area contributed by atoms with E-state index in [1.54, 1.807) is 7.05 Å². The third kappa shape index (κ3) is 5.93. The quantitative estimate of drug-likeness (QED) is 0.493. The molecule has 21 heavy (non-hydrogen) atoms. The van der Waals surface area contributed by atoms with Crippen LogP contribution < -0.4 is 22.1 Å². The third-order valence-corrected chi connectivity index (χ3v) is 3.30. The van der Waals surface area contributed by atoms with Gasteiger partial charge in [0.15, 0.2) is 0 Å². The molecule has 116 valence electrons. The number of primary amides is 1. The molecule has 0 aliphatic heterocycles. The van der Waals surface area contributed by atoms with Crippen LogP contribution in [0.1, 0.15) is 18.4 Å². The lowest BCUT2D eigenvalue weighted by atomic mass is 10.0. The molecule has 2 amide bonds. The summed E-state index contributed by atoms with van der Waals surface area (Å²) in [6.45, 7) is 0.523. The number of carbonyl (C=O) groups excluding carboxylic acids is 2. The second-order valence-corrected chi connectivity index (χ2v) is 4.93. The maximum absolute atomic E-state index is 12.2. The van der Waals surface area contributed by atoms with Crippen LogP contribution in [0, 0.1) is 0 Å². The van der Waals surface area contributed by atoms with Crippen LogP contribution in [0.2, 0.25) is 0 Å². The zero-order valence-electron chi connectivity index (χ0n) is 12.3. The standard InChI is InChI=1S/C15H24N4O2/c1-18-12(8-5-9-16)15(21)19-13(14(17)20)10-11-6-3-2-4-7-11/h2-4,6-7,12-13,18H,5,8-10,16H2,1H3,(H2,17,20)(H,19,21). The first-order valence-electron chi connectivity index (χ1n) is 7.09. The van der Waals surface area contributed by atoms with Crippen molar-refractivity contribution in [3.63, 3.8) is 0 Å². The summed E-state index contributed by atoms with van der Waals surface area (Å²) in [5.74, 6) is -0.772. The van der Waals surface area contributed by atoms with Crippen molar-refractivity contribution in [2.45, 2.75) is 31.3 Å². The van der Waals surface area contributed by atoms with E-state index in [9.17, 15) is 9.59 Å². The first-order valence-corrected chi connectivity index (χ1v) is 7.09. The van der Waals surface area contributed by atoms with E-state index < -0.39 is 11.9 Å². The summed E-state index contributed by atoms with van der Waals surface area (Å²) in [5.41, 5.74) is 11.8. The highest BCUT2D eigenvalue weighted by atomic mass is 16.2. The number of carbonyl (C=O) groups is 2. The molecule has 0 spiro atoms.